The molecule has 2 aromatic carbocycles. The van der Waals surface area contributed by atoms with Crippen LogP contribution in [0.5, 0.6) is 0 Å². The highest BCUT2D eigenvalue weighted by atomic mass is 35.5. The largest absolute Gasteiger partial charge is 0.481 e. The van der Waals surface area contributed by atoms with Gasteiger partial charge >= 0.3 is 5.97 Å². The molecular weight excluding hydrogens is 326 g/mol. The SMILES string of the molecule is Cc1ccccc1C[C@@H](CC(=O)O)NC(=O)Cc1cccc(Cl)c1. The van der Waals surface area contributed by atoms with Gasteiger partial charge in [-0.05, 0) is 42.2 Å². The fourth-order valence-electron chi connectivity index (χ4n) is 2.60. The molecule has 4 nitrogen and oxygen atoms in total. The van der Waals surface area contributed by atoms with Crippen molar-refractivity contribution in [3.8, 4) is 0 Å². The lowest BCUT2D eigenvalue weighted by atomic mass is 9.99. The number of carboxylic acid groups (broad SMARTS) is 1. The number of benzene rings is 2. The van der Waals surface area contributed by atoms with E-state index in [2.05, 4.69) is 5.32 Å². The van der Waals surface area contributed by atoms with E-state index in [1.807, 2.05) is 37.3 Å². The highest BCUT2D eigenvalue weighted by Crippen LogP contribution is 2.13. The molecule has 2 aromatic rings. The molecule has 0 saturated heterocycles. The van der Waals surface area contributed by atoms with Gasteiger partial charge in [-0.15, -0.1) is 0 Å². The molecule has 0 aliphatic carbocycles. The first-order valence-corrected chi connectivity index (χ1v) is 8.12. The van der Waals surface area contributed by atoms with Crippen LogP contribution in [0.15, 0.2) is 48.5 Å². The van der Waals surface area contributed by atoms with Crippen LogP contribution < -0.4 is 5.32 Å². The Bertz CT molecular complexity index is 730. The summed E-state index contributed by atoms with van der Waals surface area (Å²) in [6, 6.07) is 14.4. The minimum absolute atomic E-state index is 0.115. The number of nitrogens with one attached hydrogen (secondary N) is 1. The molecule has 24 heavy (non-hydrogen) atoms. The summed E-state index contributed by atoms with van der Waals surface area (Å²) in [7, 11) is 0. The summed E-state index contributed by atoms with van der Waals surface area (Å²) in [4.78, 5) is 23.3. The van der Waals surface area contributed by atoms with Crippen molar-refractivity contribution in [2.45, 2.75) is 32.2 Å². The van der Waals surface area contributed by atoms with Gasteiger partial charge in [-0.25, -0.2) is 0 Å². The molecule has 1 atom stereocenters. The molecule has 1 amide bonds. The summed E-state index contributed by atoms with van der Waals surface area (Å²) >= 11 is 5.92. The van der Waals surface area contributed by atoms with Gasteiger partial charge in [-0.2, -0.15) is 0 Å². The number of aliphatic carboxylic acids is 1. The molecule has 0 saturated carbocycles. The maximum atomic E-state index is 12.2. The number of halogens is 1. The minimum atomic E-state index is -0.934. The lowest BCUT2D eigenvalue weighted by Crippen LogP contribution is -2.39. The van der Waals surface area contributed by atoms with E-state index in [-0.39, 0.29) is 18.7 Å². The van der Waals surface area contributed by atoms with Crippen LogP contribution in [0.25, 0.3) is 0 Å². The third-order valence-corrected chi connectivity index (χ3v) is 4.00. The number of hydrogen-bond acceptors (Lipinski definition) is 2. The second-order valence-corrected chi connectivity index (χ2v) is 6.24. The second kappa shape index (κ2) is 8.50. The summed E-state index contributed by atoms with van der Waals surface area (Å²) in [6.45, 7) is 1.97. The first kappa shape index (κ1) is 18.0. The van der Waals surface area contributed by atoms with E-state index >= 15 is 0 Å². The van der Waals surface area contributed by atoms with Gasteiger partial charge in [0.1, 0.15) is 0 Å². The Morgan fingerprint density at radius 1 is 1.17 bits per heavy atom. The quantitative estimate of drug-likeness (QED) is 0.808. The number of carbonyl (C=O) groups excluding carboxylic acids is 1. The van der Waals surface area contributed by atoms with E-state index in [1.165, 1.54) is 0 Å². The Kier molecular flexibility index (Phi) is 6.38. The van der Waals surface area contributed by atoms with Crippen molar-refractivity contribution in [2.24, 2.45) is 0 Å². The molecule has 0 aliphatic heterocycles. The molecule has 0 bridgehead atoms. The summed E-state index contributed by atoms with van der Waals surface area (Å²) in [5.41, 5.74) is 2.91. The van der Waals surface area contributed by atoms with Crippen LogP contribution in [0.1, 0.15) is 23.1 Å². The van der Waals surface area contributed by atoms with E-state index in [4.69, 9.17) is 16.7 Å². The van der Waals surface area contributed by atoms with E-state index in [1.54, 1.807) is 18.2 Å². The van der Waals surface area contributed by atoms with Crippen LogP contribution >= 0.6 is 11.6 Å². The van der Waals surface area contributed by atoms with Crippen molar-refractivity contribution in [3.05, 3.63) is 70.2 Å². The van der Waals surface area contributed by atoms with Crippen molar-refractivity contribution in [2.75, 3.05) is 0 Å². The summed E-state index contributed by atoms with van der Waals surface area (Å²) in [5, 5.41) is 12.5. The van der Waals surface area contributed by atoms with Gasteiger partial charge in [0.2, 0.25) is 5.91 Å². The van der Waals surface area contributed by atoms with Crippen molar-refractivity contribution in [1.29, 1.82) is 0 Å². The monoisotopic (exact) mass is 345 g/mol. The average molecular weight is 346 g/mol. The molecule has 0 aliphatic rings. The van der Waals surface area contributed by atoms with Crippen LogP contribution in [-0.4, -0.2) is 23.0 Å². The van der Waals surface area contributed by atoms with Crippen molar-refractivity contribution >= 4 is 23.5 Å². The minimum Gasteiger partial charge on any atom is -0.481 e. The molecule has 2 rings (SSSR count). The van der Waals surface area contributed by atoms with Gasteiger partial charge in [-0.1, -0.05) is 48.0 Å². The Morgan fingerprint density at radius 3 is 2.58 bits per heavy atom. The number of hydrogen-bond donors (Lipinski definition) is 2. The number of amides is 1. The van der Waals surface area contributed by atoms with Crippen LogP contribution in [-0.2, 0) is 22.4 Å². The highest BCUT2D eigenvalue weighted by Gasteiger charge is 2.17. The molecule has 0 fully saturated rings. The molecule has 0 aromatic heterocycles. The molecule has 2 N–H and O–H groups in total. The molecule has 0 heterocycles. The molecule has 0 spiro atoms. The van der Waals surface area contributed by atoms with Gasteiger partial charge in [0, 0.05) is 11.1 Å². The smallest absolute Gasteiger partial charge is 0.305 e. The number of carboxylic acids is 1. The Labute approximate surface area is 146 Å². The average Bonchev–Trinajstić information content (AvgIpc) is 2.48. The molecule has 126 valence electrons. The van der Waals surface area contributed by atoms with Crippen LogP contribution in [0.4, 0.5) is 0 Å². The first-order chi connectivity index (χ1) is 11.4. The maximum absolute atomic E-state index is 12.2. The lowest BCUT2D eigenvalue weighted by molar-refractivity contribution is -0.137. The van der Waals surface area contributed by atoms with Gasteiger partial charge in [0.15, 0.2) is 0 Å². The zero-order valence-electron chi connectivity index (χ0n) is 13.5. The fraction of sp³-hybridized carbons (Fsp3) is 0.263. The molecule has 0 radical (unpaired) electrons. The van der Waals surface area contributed by atoms with Crippen molar-refractivity contribution < 1.29 is 14.7 Å². The second-order valence-electron chi connectivity index (χ2n) is 5.80. The molecule has 5 heteroatoms. The normalized spacial score (nSPS) is 11.8. The summed E-state index contributed by atoms with van der Waals surface area (Å²) in [5.74, 6) is -1.14. The van der Waals surface area contributed by atoms with Gasteiger partial charge in [-0.3, -0.25) is 9.59 Å². The van der Waals surface area contributed by atoms with Crippen LogP contribution in [0.3, 0.4) is 0 Å². The summed E-state index contributed by atoms with van der Waals surface area (Å²) < 4.78 is 0. The summed E-state index contributed by atoms with van der Waals surface area (Å²) in [6.07, 6.45) is 0.542. The fourth-order valence-corrected chi connectivity index (χ4v) is 2.81. The third kappa shape index (κ3) is 5.70. The highest BCUT2D eigenvalue weighted by molar-refractivity contribution is 6.30. The topological polar surface area (TPSA) is 66.4 Å². The standard InChI is InChI=1S/C19H20ClNO3/c1-13-5-2-3-7-15(13)11-17(12-19(23)24)21-18(22)10-14-6-4-8-16(20)9-14/h2-9,17H,10-12H2,1H3,(H,21,22)(H,23,24)/t17-/m0/s1. The lowest BCUT2D eigenvalue weighted by Gasteiger charge is -2.18. The molecular formula is C19H20ClNO3. The number of aryl methyl sites for hydroxylation is 1. The number of rotatable bonds is 7. The zero-order valence-corrected chi connectivity index (χ0v) is 14.2. The van der Waals surface area contributed by atoms with Gasteiger partial charge < -0.3 is 10.4 Å². The van der Waals surface area contributed by atoms with E-state index in [9.17, 15) is 9.59 Å². The van der Waals surface area contributed by atoms with Gasteiger partial charge in [0.05, 0.1) is 12.8 Å². The van der Waals surface area contributed by atoms with E-state index in [0.717, 1.165) is 16.7 Å². The van der Waals surface area contributed by atoms with Crippen molar-refractivity contribution in [1.82, 2.24) is 5.32 Å². The van der Waals surface area contributed by atoms with Crippen LogP contribution in [0, 0.1) is 6.92 Å². The Balaban J connectivity index is 2.03. The predicted octanol–water partition coefficient (Wildman–Crippen LogP) is 3.39. The van der Waals surface area contributed by atoms with E-state index < -0.39 is 12.0 Å². The Morgan fingerprint density at radius 2 is 1.92 bits per heavy atom. The Hall–Kier alpha value is -2.33. The van der Waals surface area contributed by atoms with Gasteiger partial charge in [0.25, 0.3) is 0 Å². The van der Waals surface area contributed by atoms with Crippen LogP contribution in [0.2, 0.25) is 5.02 Å². The third-order valence-electron chi connectivity index (χ3n) is 3.77. The maximum Gasteiger partial charge on any atom is 0.305 e. The zero-order chi connectivity index (χ0) is 17.5. The number of carbonyl (C=O) groups is 2. The predicted molar refractivity (Wildman–Crippen MR) is 94.2 cm³/mol. The first-order valence-electron chi connectivity index (χ1n) is 7.74. The molecule has 0 unspecified atom stereocenters. The van der Waals surface area contributed by atoms with Crippen molar-refractivity contribution in [3.63, 3.8) is 0 Å². The van der Waals surface area contributed by atoms with E-state index in [0.29, 0.717) is 11.4 Å².